The van der Waals surface area contributed by atoms with E-state index in [9.17, 15) is 14.4 Å². The van der Waals surface area contributed by atoms with Gasteiger partial charge in [0.2, 0.25) is 0 Å². The van der Waals surface area contributed by atoms with Gasteiger partial charge in [0.05, 0.1) is 0 Å². The fourth-order valence-electron chi connectivity index (χ4n) is 1.93. The molecular formula is C13H14NO4PW. The van der Waals surface area contributed by atoms with Gasteiger partial charge in [0.1, 0.15) is 0 Å². The van der Waals surface area contributed by atoms with E-state index < -0.39 is 13.3 Å². The standard InChI is InChI=1S/C13H14NO4P.W/c1-2-7-14-8-13(19(15,16)17)11-9-18-12-6-4-3-5-10(11)12;/h2-7,9,13-14H,1H3,(H2,15,16,17);/b7-2+;. The maximum atomic E-state index is 11.9. The van der Waals surface area contributed by atoms with E-state index in [4.69, 9.17) is 4.42 Å². The summed E-state index contributed by atoms with van der Waals surface area (Å²) in [4.78, 5) is 19.4. The van der Waals surface area contributed by atoms with Crippen LogP contribution in [0, 0.1) is 0 Å². The van der Waals surface area contributed by atoms with Gasteiger partial charge in [0, 0.05) is 0 Å². The molecule has 2 rings (SSSR count). The Hall–Kier alpha value is -0.992. The molecule has 0 saturated heterocycles. The second-order valence-electron chi connectivity index (χ2n) is 4.19. The Morgan fingerprint density at radius 2 is 2.15 bits per heavy atom. The van der Waals surface area contributed by atoms with Crippen molar-refractivity contribution >= 4 is 22.6 Å². The molecule has 0 aliphatic carbocycles. The van der Waals surface area contributed by atoms with E-state index in [1.54, 1.807) is 24.4 Å². The predicted octanol–water partition coefficient (Wildman–Crippen LogP) is 2.45. The summed E-state index contributed by atoms with van der Waals surface area (Å²) in [7, 11) is -4.34. The molecule has 0 spiro atoms. The molecular weight excluding hydrogens is 449 g/mol. The van der Waals surface area contributed by atoms with Crippen LogP contribution in [0.15, 0.2) is 47.2 Å². The average Bonchev–Trinajstić information content (AvgIpc) is 2.79. The summed E-state index contributed by atoms with van der Waals surface area (Å²) in [5.74, 6) is 0. The predicted molar refractivity (Wildman–Crippen MR) is 74.0 cm³/mol. The van der Waals surface area contributed by atoms with Crippen molar-refractivity contribution in [3.63, 3.8) is 0 Å². The summed E-state index contributed by atoms with van der Waals surface area (Å²) in [6, 6.07) is 7.22. The van der Waals surface area contributed by atoms with E-state index in [2.05, 4.69) is 5.32 Å². The van der Waals surface area contributed by atoms with Crippen molar-refractivity contribution in [1.82, 2.24) is 5.32 Å². The molecule has 7 heteroatoms. The van der Waals surface area contributed by atoms with Gasteiger partial charge in [0.15, 0.2) is 0 Å². The number of rotatable bonds is 5. The molecule has 0 radical (unpaired) electrons. The van der Waals surface area contributed by atoms with E-state index in [1.165, 1.54) is 6.26 Å². The van der Waals surface area contributed by atoms with Crippen LogP contribution in [0.25, 0.3) is 11.0 Å². The van der Waals surface area contributed by atoms with E-state index >= 15 is 0 Å². The molecule has 1 aromatic heterocycles. The zero-order valence-corrected chi connectivity index (χ0v) is 14.5. The van der Waals surface area contributed by atoms with Crippen LogP contribution >= 0.6 is 7.60 Å². The molecule has 0 fully saturated rings. The first-order valence-electron chi connectivity index (χ1n) is 5.88. The quantitative estimate of drug-likeness (QED) is 0.594. The SMILES string of the molecule is C/C=C/N[C](=[W])C(c1coc2ccccc12)P(=O)(O)O. The van der Waals surface area contributed by atoms with E-state index in [0.29, 0.717) is 15.2 Å². The third-order valence-corrected chi connectivity index (χ3v) is 5.95. The number of nitrogens with one attached hydrogen (secondary N) is 1. The van der Waals surface area contributed by atoms with Crippen LogP contribution < -0.4 is 5.32 Å². The molecule has 0 aliphatic rings. The molecule has 3 N–H and O–H groups in total. The Labute approximate surface area is 127 Å². The Kier molecular flexibility index (Phi) is 4.77. The monoisotopic (exact) mass is 463 g/mol. The second-order valence-corrected chi connectivity index (χ2v) is 7.46. The van der Waals surface area contributed by atoms with Crippen LogP contribution in [0.2, 0.25) is 0 Å². The van der Waals surface area contributed by atoms with Crippen molar-refractivity contribution in [2.75, 3.05) is 0 Å². The maximum absolute atomic E-state index is 11.9. The van der Waals surface area contributed by atoms with Gasteiger partial charge in [-0.25, -0.2) is 0 Å². The fourth-order valence-corrected chi connectivity index (χ4v) is 5.05. The molecule has 1 unspecified atom stereocenters. The molecule has 0 bridgehead atoms. The molecule has 20 heavy (non-hydrogen) atoms. The Morgan fingerprint density at radius 3 is 2.80 bits per heavy atom. The molecule has 1 heterocycles. The molecule has 0 saturated carbocycles. The molecule has 106 valence electrons. The summed E-state index contributed by atoms with van der Waals surface area (Å²) in [6.07, 6.45) is 4.86. The summed E-state index contributed by atoms with van der Waals surface area (Å²) >= 11 is 0.969. The van der Waals surface area contributed by atoms with Gasteiger partial charge < -0.3 is 0 Å². The third kappa shape index (κ3) is 3.18. The molecule has 0 amide bonds. The third-order valence-electron chi connectivity index (χ3n) is 2.78. The van der Waals surface area contributed by atoms with Gasteiger partial charge in [-0.3, -0.25) is 0 Å². The van der Waals surface area contributed by atoms with Gasteiger partial charge in [-0.05, 0) is 0 Å². The number of allylic oxidation sites excluding steroid dienone is 1. The van der Waals surface area contributed by atoms with E-state index in [1.807, 2.05) is 19.1 Å². The molecule has 1 atom stereocenters. The Morgan fingerprint density at radius 1 is 1.45 bits per heavy atom. The van der Waals surface area contributed by atoms with Crippen LogP contribution in [0.5, 0.6) is 0 Å². The molecule has 1 aromatic carbocycles. The Bertz CT molecular complexity index is 703. The number of para-hydroxylation sites is 1. The molecule has 0 aliphatic heterocycles. The summed E-state index contributed by atoms with van der Waals surface area (Å²) in [6.45, 7) is 1.83. The van der Waals surface area contributed by atoms with Crippen molar-refractivity contribution in [1.29, 1.82) is 0 Å². The van der Waals surface area contributed by atoms with Crippen LogP contribution in [0.1, 0.15) is 18.1 Å². The summed E-state index contributed by atoms with van der Waals surface area (Å²) in [5, 5.41) is 3.66. The van der Waals surface area contributed by atoms with E-state index in [-0.39, 0.29) is 0 Å². The zero-order chi connectivity index (χ0) is 14.8. The van der Waals surface area contributed by atoms with E-state index in [0.717, 1.165) is 24.7 Å². The van der Waals surface area contributed by atoms with Crippen molar-refractivity contribution in [2.45, 2.75) is 12.6 Å². The van der Waals surface area contributed by atoms with Crippen molar-refractivity contribution in [2.24, 2.45) is 0 Å². The van der Waals surface area contributed by atoms with Gasteiger partial charge in [-0.2, -0.15) is 0 Å². The first-order chi connectivity index (χ1) is 9.45. The second kappa shape index (κ2) is 6.19. The normalized spacial score (nSPS) is 13.8. The number of furan rings is 1. The zero-order valence-electron chi connectivity index (χ0n) is 10.7. The average molecular weight is 463 g/mol. The number of hydrogen-bond acceptors (Lipinski definition) is 3. The fraction of sp³-hybridized carbons (Fsp3) is 0.154. The Balaban J connectivity index is 2.52. The first-order valence-corrected chi connectivity index (χ1v) is 9.03. The van der Waals surface area contributed by atoms with Crippen molar-refractivity contribution in [3.8, 4) is 0 Å². The number of fused-ring (bicyclic) bond motifs is 1. The molecule has 5 nitrogen and oxygen atoms in total. The number of hydrogen-bond donors (Lipinski definition) is 3. The van der Waals surface area contributed by atoms with Crippen LogP contribution in [0.4, 0.5) is 0 Å². The minimum atomic E-state index is -4.34. The summed E-state index contributed by atoms with van der Waals surface area (Å²) < 4.78 is 17.8. The molecule has 2 aromatic rings. The van der Waals surface area contributed by atoms with Gasteiger partial charge in [0.25, 0.3) is 0 Å². The first kappa shape index (κ1) is 15.4. The van der Waals surface area contributed by atoms with Crippen LogP contribution in [-0.4, -0.2) is 13.8 Å². The minimum absolute atomic E-state index is 0.510. The van der Waals surface area contributed by atoms with Crippen molar-refractivity contribution in [3.05, 3.63) is 48.4 Å². The van der Waals surface area contributed by atoms with Gasteiger partial charge >= 0.3 is 127 Å². The van der Waals surface area contributed by atoms with Crippen LogP contribution in [0.3, 0.4) is 0 Å². The van der Waals surface area contributed by atoms with Gasteiger partial charge in [-0.15, -0.1) is 0 Å². The number of benzene rings is 1. The van der Waals surface area contributed by atoms with Crippen LogP contribution in [-0.2, 0) is 23.9 Å². The van der Waals surface area contributed by atoms with Crippen molar-refractivity contribution < 1.29 is 38.1 Å². The summed E-state index contributed by atoms with van der Waals surface area (Å²) in [5.41, 5.74) is 0.128. The topological polar surface area (TPSA) is 82.7 Å². The van der Waals surface area contributed by atoms with Gasteiger partial charge in [-0.1, -0.05) is 0 Å².